The molecule has 1 N–H and O–H groups in total. The molecular formula is C32H35FN2O5. The van der Waals surface area contributed by atoms with Crippen molar-refractivity contribution < 1.29 is 28.5 Å². The third-order valence-electron chi connectivity index (χ3n) is 8.60. The van der Waals surface area contributed by atoms with Gasteiger partial charge in [-0.3, -0.25) is 9.69 Å². The fourth-order valence-corrected chi connectivity index (χ4v) is 6.19. The van der Waals surface area contributed by atoms with Crippen molar-refractivity contribution in [2.45, 2.75) is 45.3 Å². The second-order valence-electron chi connectivity index (χ2n) is 11.6. The lowest BCUT2D eigenvalue weighted by atomic mass is 9.85. The summed E-state index contributed by atoms with van der Waals surface area (Å²) in [5, 5.41) is 9.32. The van der Waals surface area contributed by atoms with E-state index in [2.05, 4.69) is 22.0 Å². The number of likely N-dealkylation sites (tertiary alicyclic amines) is 1. The maximum absolute atomic E-state index is 15.1. The molecule has 210 valence electrons. The number of ether oxygens (including phenoxy) is 3. The number of halogens is 1. The summed E-state index contributed by atoms with van der Waals surface area (Å²) in [4.78, 5) is 17.8. The van der Waals surface area contributed by atoms with Crippen molar-refractivity contribution in [3.05, 3.63) is 76.7 Å². The predicted molar refractivity (Wildman–Crippen MR) is 148 cm³/mol. The second-order valence-corrected chi connectivity index (χ2v) is 11.6. The van der Waals surface area contributed by atoms with Crippen molar-refractivity contribution in [1.29, 1.82) is 0 Å². The Morgan fingerprint density at radius 3 is 2.80 bits per heavy atom. The molecule has 3 aromatic rings. The van der Waals surface area contributed by atoms with Gasteiger partial charge in [-0.25, -0.2) is 9.37 Å². The van der Waals surface area contributed by atoms with Crippen LogP contribution in [0.1, 0.15) is 48.1 Å². The Bertz CT molecular complexity index is 1420. The van der Waals surface area contributed by atoms with Crippen molar-refractivity contribution in [3.63, 3.8) is 0 Å². The molecule has 0 aliphatic carbocycles. The van der Waals surface area contributed by atoms with Crippen molar-refractivity contribution in [2.75, 3.05) is 33.4 Å². The van der Waals surface area contributed by atoms with Crippen LogP contribution >= 0.6 is 0 Å². The Labute approximate surface area is 233 Å². The van der Waals surface area contributed by atoms with E-state index in [1.807, 2.05) is 24.3 Å². The van der Waals surface area contributed by atoms with E-state index in [9.17, 15) is 9.90 Å². The predicted octanol–water partition coefficient (Wildman–Crippen LogP) is 5.45. The van der Waals surface area contributed by atoms with Crippen LogP contribution in [0.5, 0.6) is 11.6 Å². The number of carboxylic acid groups (broad SMARTS) is 1. The van der Waals surface area contributed by atoms with Crippen LogP contribution in [0.4, 0.5) is 4.39 Å². The third kappa shape index (κ3) is 5.30. The van der Waals surface area contributed by atoms with E-state index in [0.717, 1.165) is 79.1 Å². The van der Waals surface area contributed by atoms with Gasteiger partial charge in [0.1, 0.15) is 17.7 Å². The molecule has 40 heavy (non-hydrogen) atoms. The number of hydrogen-bond acceptors (Lipinski definition) is 6. The number of hydrogen-bond donors (Lipinski definition) is 1. The number of carboxylic acids is 1. The van der Waals surface area contributed by atoms with E-state index in [4.69, 9.17) is 14.2 Å². The molecular weight excluding hydrogens is 511 g/mol. The van der Waals surface area contributed by atoms with Crippen LogP contribution in [0.15, 0.2) is 48.7 Å². The number of rotatable bonds is 8. The SMILES string of the molecule is COc1cc(-c2ccc(C3CCc4ccc(CC(C)C(=O)O)cc4O3)cc2CN2CCC3(COC3)C2)c(F)cn1. The Kier molecular flexibility index (Phi) is 7.23. The summed E-state index contributed by atoms with van der Waals surface area (Å²) in [6.45, 7) is 6.01. The lowest BCUT2D eigenvalue weighted by molar-refractivity contribution is -0.141. The molecule has 3 aliphatic heterocycles. The Balaban J connectivity index is 1.30. The zero-order valence-electron chi connectivity index (χ0n) is 23.0. The molecule has 0 amide bonds. The van der Waals surface area contributed by atoms with E-state index in [0.29, 0.717) is 24.4 Å². The van der Waals surface area contributed by atoms with E-state index in [-0.39, 0.29) is 17.3 Å². The average Bonchev–Trinajstić information content (AvgIpc) is 3.38. The maximum Gasteiger partial charge on any atom is 0.306 e. The highest BCUT2D eigenvalue weighted by Gasteiger charge is 2.44. The first-order chi connectivity index (χ1) is 19.3. The van der Waals surface area contributed by atoms with Crippen LogP contribution in [0.2, 0.25) is 0 Å². The Morgan fingerprint density at radius 1 is 1.23 bits per heavy atom. The normalized spacial score (nSPS) is 20.4. The first kappa shape index (κ1) is 26.7. The van der Waals surface area contributed by atoms with Crippen molar-refractivity contribution in [1.82, 2.24) is 9.88 Å². The van der Waals surface area contributed by atoms with Crippen LogP contribution < -0.4 is 9.47 Å². The summed E-state index contributed by atoms with van der Waals surface area (Å²) >= 11 is 0. The largest absolute Gasteiger partial charge is 0.485 e. The molecule has 0 bridgehead atoms. The van der Waals surface area contributed by atoms with E-state index in [1.54, 1.807) is 13.0 Å². The highest BCUT2D eigenvalue weighted by atomic mass is 19.1. The van der Waals surface area contributed by atoms with Gasteiger partial charge in [-0.2, -0.15) is 0 Å². The highest BCUT2D eigenvalue weighted by molar-refractivity contribution is 5.70. The smallest absolute Gasteiger partial charge is 0.306 e. The number of carbonyl (C=O) groups is 1. The average molecular weight is 547 g/mol. The monoisotopic (exact) mass is 546 g/mol. The molecule has 1 spiro atoms. The molecule has 3 aliphatic rings. The van der Waals surface area contributed by atoms with E-state index in [1.165, 1.54) is 13.3 Å². The van der Waals surface area contributed by atoms with Crippen LogP contribution in [-0.2, 0) is 28.9 Å². The zero-order chi connectivity index (χ0) is 27.9. The standard InChI is InChI=1S/C32H35FN2O5/c1-20(31(36)37)11-21-3-4-22-6-8-28(40-29(22)12-21)23-5-7-25(26-14-30(38-2)34-15-27(26)33)24(13-23)16-35-10-9-32(17-35)18-39-19-32/h3-5,7,12-15,20,28H,6,8-11,16-19H2,1-2H3,(H,36,37). The third-order valence-corrected chi connectivity index (χ3v) is 8.60. The van der Waals surface area contributed by atoms with Gasteiger partial charge in [-0.15, -0.1) is 0 Å². The first-order valence-electron chi connectivity index (χ1n) is 14.0. The summed E-state index contributed by atoms with van der Waals surface area (Å²) in [6, 6.07) is 13.9. The quantitative estimate of drug-likeness (QED) is 0.403. The number of pyridine rings is 1. The van der Waals surface area contributed by atoms with Crippen LogP contribution in [0, 0.1) is 17.2 Å². The highest BCUT2D eigenvalue weighted by Crippen LogP contribution is 2.41. The fourth-order valence-electron chi connectivity index (χ4n) is 6.19. The van der Waals surface area contributed by atoms with E-state index >= 15 is 4.39 Å². The molecule has 2 aromatic carbocycles. The minimum absolute atomic E-state index is 0.144. The van der Waals surface area contributed by atoms with E-state index < -0.39 is 11.9 Å². The van der Waals surface area contributed by atoms with Gasteiger partial charge in [0.05, 0.1) is 32.4 Å². The first-order valence-corrected chi connectivity index (χ1v) is 14.0. The van der Waals surface area contributed by atoms with Gasteiger partial charge in [0.15, 0.2) is 0 Å². The van der Waals surface area contributed by atoms with Crippen molar-refractivity contribution in [2.24, 2.45) is 11.3 Å². The number of aryl methyl sites for hydroxylation is 1. The molecule has 2 saturated heterocycles. The molecule has 0 radical (unpaired) electrons. The minimum atomic E-state index is -0.804. The molecule has 7 nitrogen and oxygen atoms in total. The number of aromatic nitrogens is 1. The van der Waals surface area contributed by atoms with Crippen molar-refractivity contribution >= 4 is 5.97 Å². The van der Waals surface area contributed by atoms with Crippen LogP contribution in [-0.4, -0.2) is 54.4 Å². The van der Waals surface area contributed by atoms with Gasteiger partial charge in [-0.1, -0.05) is 37.3 Å². The van der Waals surface area contributed by atoms with Crippen LogP contribution in [0.3, 0.4) is 0 Å². The molecule has 2 atom stereocenters. The number of nitrogens with zero attached hydrogens (tertiary/aromatic N) is 2. The molecule has 2 fully saturated rings. The summed E-state index contributed by atoms with van der Waals surface area (Å²) in [5.74, 6) is -0.463. The Hall–Kier alpha value is -3.49. The molecule has 8 heteroatoms. The van der Waals surface area contributed by atoms with Gasteiger partial charge in [-0.05, 0) is 66.1 Å². The Morgan fingerprint density at radius 2 is 2.08 bits per heavy atom. The number of methoxy groups -OCH3 is 1. The van der Waals surface area contributed by atoms with Gasteiger partial charge >= 0.3 is 5.97 Å². The van der Waals surface area contributed by atoms with Gasteiger partial charge in [0.2, 0.25) is 5.88 Å². The zero-order valence-corrected chi connectivity index (χ0v) is 23.0. The second kappa shape index (κ2) is 10.8. The molecule has 6 rings (SSSR count). The molecule has 0 saturated carbocycles. The number of fused-ring (bicyclic) bond motifs is 1. The lowest BCUT2D eigenvalue weighted by Crippen LogP contribution is -2.44. The van der Waals surface area contributed by atoms with Gasteiger partial charge < -0.3 is 19.3 Å². The fraction of sp³-hybridized carbons (Fsp3) is 0.438. The molecule has 2 unspecified atom stereocenters. The topological polar surface area (TPSA) is 81.1 Å². The molecule has 4 heterocycles. The summed E-state index contributed by atoms with van der Waals surface area (Å²) in [7, 11) is 1.53. The summed E-state index contributed by atoms with van der Waals surface area (Å²) in [5.41, 5.74) is 5.74. The number of benzene rings is 2. The molecule has 1 aromatic heterocycles. The summed E-state index contributed by atoms with van der Waals surface area (Å²) in [6.07, 6.45) is 4.35. The van der Waals surface area contributed by atoms with Crippen LogP contribution in [0.25, 0.3) is 11.1 Å². The maximum atomic E-state index is 15.1. The summed E-state index contributed by atoms with van der Waals surface area (Å²) < 4.78 is 32.4. The number of aliphatic carboxylic acids is 1. The van der Waals surface area contributed by atoms with Gasteiger partial charge in [0.25, 0.3) is 0 Å². The van der Waals surface area contributed by atoms with Gasteiger partial charge in [0, 0.05) is 30.1 Å². The lowest BCUT2D eigenvalue weighted by Gasteiger charge is -2.38. The minimum Gasteiger partial charge on any atom is -0.485 e. The van der Waals surface area contributed by atoms with Crippen molar-refractivity contribution in [3.8, 4) is 22.8 Å².